The van der Waals surface area contributed by atoms with Crippen LogP contribution in [0, 0.1) is 12.7 Å². The van der Waals surface area contributed by atoms with Crippen LogP contribution in [0.3, 0.4) is 0 Å². The summed E-state index contributed by atoms with van der Waals surface area (Å²) < 4.78 is 18.3. The molecule has 3 rings (SSSR count). The van der Waals surface area contributed by atoms with E-state index < -0.39 is 0 Å². The van der Waals surface area contributed by atoms with Crippen LogP contribution in [0.25, 0.3) is 6.08 Å². The van der Waals surface area contributed by atoms with Crippen LogP contribution in [-0.4, -0.2) is 47.5 Å². The molecule has 1 aliphatic rings. The van der Waals surface area contributed by atoms with Gasteiger partial charge in [0.05, 0.1) is 0 Å². The van der Waals surface area contributed by atoms with E-state index in [0.717, 1.165) is 24.1 Å². The van der Waals surface area contributed by atoms with Gasteiger partial charge in [0, 0.05) is 50.0 Å². The van der Waals surface area contributed by atoms with Gasteiger partial charge in [-0.15, -0.1) is 0 Å². The molecule has 26 heavy (non-hydrogen) atoms. The molecule has 2 aromatic rings. The zero-order valence-corrected chi connectivity index (χ0v) is 15.9. The molecule has 0 unspecified atom stereocenters. The highest BCUT2D eigenvalue weighted by atomic mass is 32.1. The summed E-state index contributed by atoms with van der Waals surface area (Å²) in [5, 5.41) is 3.28. The highest BCUT2D eigenvalue weighted by Gasteiger charge is 2.20. The van der Waals surface area contributed by atoms with Crippen molar-refractivity contribution in [3.8, 4) is 0 Å². The number of aryl methyl sites for hydroxylation is 1. The molecule has 8 heteroatoms. The molecular weight excluding hydrogens is 353 g/mol. The maximum absolute atomic E-state index is 14.3. The molecule has 1 aromatic heterocycles. The Labute approximate surface area is 156 Å². The molecule has 6 nitrogen and oxygen atoms in total. The number of rotatable bonds is 3. The van der Waals surface area contributed by atoms with Crippen molar-refractivity contribution in [1.82, 2.24) is 14.3 Å². The van der Waals surface area contributed by atoms with E-state index in [2.05, 4.69) is 14.7 Å². The summed E-state index contributed by atoms with van der Waals surface area (Å²) in [6.45, 7) is 2.99. The van der Waals surface area contributed by atoms with Crippen molar-refractivity contribution in [3.63, 3.8) is 0 Å². The van der Waals surface area contributed by atoms with Gasteiger partial charge in [0.2, 0.25) is 5.13 Å². The van der Waals surface area contributed by atoms with Gasteiger partial charge in [0.1, 0.15) is 11.6 Å². The van der Waals surface area contributed by atoms with Crippen LogP contribution in [0.2, 0.25) is 0 Å². The second-order valence-electron chi connectivity index (χ2n) is 6.47. The molecule has 0 radical (unpaired) electrons. The molecule has 1 aromatic carbocycles. The highest BCUT2D eigenvalue weighted by molar-refractivity contribution is 7.09. The van der Waals surface area contributed by atoms with Gasteiger partial charge in [-0.25, -0.2) is 14.2 Å². The van der Waals surface area contributed by atoms with E-state index >= 15 is 0 Å². The number of likely N-dealkylation sites (tertiary alicyclic amines) is 1. The Morgan fingerprint density at radius 3 is 2.65 bits per heavy atom. The van der Waals surface area contributed by atoms with Crippen molar-refractivity contribution in [1.29, 1.82) is 0 Å². The maximum atomic E-state index is 14.3. The zero-order valence-electron chi connectivity index (χ0n) is 15.1. The van der Waals surface area contributed by atoms with Crippen LogP contribution in [0.15, 0.2) is 23.8 Å². The summed E-state index contributed by atoms with van der Waals surface area (Å²) in [7, 11) is 3.77. The zero-order chi connectivity index (χ0) is 18.7. The molecular formula is C18H22FN5OS. The molecule has 0 bridgehead atoms. The molecule has 0 spiro atoms. The fourth-order valence-electron chi connectivity index (χ4n) is 2.79. The summed E-state index contributed by atoms with van der Waals surface area (Å²) in [6, 6.07) is 5.08. The predicted molar refractivity (Wildman–Crippen MR) is 103 cm³/mol. The SMILES string of the molecule is Cc1nsc(NC(=O)N2CCC(=Cc3ccc(N(C)C)cc3F)CC2)n1. The lowest BCUT2D eigenvalue weighted by atomic mass is 10.0. The predicted octanol–water partition coefficient (Wildman–Crippen LogP) is 3.76. The molecule has 0 saturated carbocycles. The molecule has 1 N–H and O–H groups in total. The van der Waals surface area contributed by atoms with Crippen LogP contribution in [0.5, 0.6) is 0 Å². The lowest BCUT2D eigenvalue weighted by Gasteiger charge is -2.28. The first kappa shape index (κ1) is 18.3. The van der Waals surface area contributed by atoms with Crippen molar-refractivity contribution < 1.29 is 9.18 Å². The number of hydrogen-bond donors (Lipinski definition) is 1. The minimum Gasteiger partial charge on any atom is -0.378 e. The van der Waals surface area contributed by atoms with E-state index in [1.807, 2.05) is 31.1 Å². The fraction of sp³-hybridized carbons (Fsp3) is 0.389. The molecule has 138 valence electrons. The normalized spacial score (nSPS) is 14.3. The van der Waals surface area contributed by atoms with Crippen molar-refractivity contribution in [2.24, 2.45) is 0 Å². The Bertz CT molecular complexity index is 823. The average Bonchev–Trinajstić information content (AvgIpc) is 3.02. The van der Waals surface area contributed by atoms with Crippen molar-refractivity contribution in [2.45, 2.75) is 19.8 Å². The van der Waals surface area contributed by atoms with Crippen molar-refractivity contribution in [2.75, 3.05) is 37.4 Å². The summed E-state index contributed by atoms with van der Waals surface area (Å²) in [4.78, 5) is 20.0. The van der Waals surface area contributed by atoms with Crippen LogP contribution < -0.4 is 10.2 Å². The molecule has 1 saturated heterocycles. The van der Waals surface area contributed by atoms with E-state index in [-0.39, 0.29) is 11.8 Å². The lowest BCUT2D eigenvalue weighted by molar-refractivity contribution is 0.208. The number of piperidine rings is 1. The second-order valence-corrected chi connectivity index (χ2v) is 7.22. The summed E-state index contributed by atoms with van der Waals surface area (Å²) >= 11 is 1.17. The Morgan fingerprint density at radius 2 is 2.08 bits per heavy atom. The van der Waals surface area contributed by atoms with Crippen molar-refractivity contribution >= 4 is 34.5 Å². The van der Waals surface area contributed by atoms with E-state index in [9.17, 15) is 9.18 Å². The van der Waals surface area contributed by atoms with Crippen LogP contribution in [0.1, 0.15) is 24.2 Å². The first-order valence-electron chi connectivity index (χ1n) is 8.45. The summed E-state index contributed by atoms with van der Waals surface area (Å²) in [5.41, 5.74) is 2.58. The van der Waals surface area contributed by atoms with E-state index in [1.165, 1.54) is 11.5 Å². The van der Waals surface area contributed by atoms with Gasteiger partial charge < -0.3 is 9.80 Å². The number of benzene rings is 1. The third-order valence-electron chi connectivity index (χ3n) is 4.29. The first-order chi connectivity index (χ1) is 12.4. The monoisotopic (exact) mass is 375 g/mol. The van der Waals surface area contributed by atoms with Gasteiger partial charge in [-0.3, -0.25) is 5.32 Å². The molecule has 2 amide bonds. The largest absolute Gasteiger partial charge is 0.378 e. The number of halogens is 1. The fourth-order valence-corrected chi connectivity index (χ4v) is 3.36. The van der Waals surface area contributed by atoms with Crippen molar-refractivity contribution in [3.05, 3.63) is 41.0 Å². The Hall–Kier alpha value is -2.48. The third-order valence-corrected chi connectivity index (χ3v) is 5.02. The summed E-state index contributed by atoms with van der Waals surface area (Å²) in [6.07, 6.45) is 3.37. The van der Waals surface area contributed by atoms with Gasteiger partial charge in [-0.2, -0.15) is 4.37 Å². The first-order valence-corrected chi connectivity index (χ1v) is 9.22. The van der Waals surface area contributed by atoms with Crippen LogP contribution >= 0.6 is 11.5 Å². The number of nitrogens with one attached hydrogen (secondary N) is 1. The number of hydrogen-bond acceptors (Lipinski definition) is 5. The quantitative estimate of drug-likeness (QED) is 0.887. The molecule has 0 aliphatic carbocycles. The molecule has 1 aliphatic heterocycles. The van der Waals surface area contributed by atoms with Crippen LogP contribution in [-0.2, 0) is 0 Å². The second kappa shape index (κ2) is 7.82. The van der Waals surface area contributed by atoms with E-state index in [1.54, 1.807) is 24.0 Å². The maximum Gasteiger partial charge on any atom is 0.323 e. The number of anilines is 2. The number of aromatic nitrogens is 2. The Morgan fingerprint density at radius 1 is 1.35 bits per heavy atom. The van der Waals surface area contributed by atoms with E-state index in [0.29, 0.717) is 29.6 Å². The standard InChI is InChI=1S/C18H22FN5OS/c1-12-20-17(26-22-12)21-18(25)24-8-6-13(7-9-24)10-14-4-5-15(23(2)3)11-16(14)19/h4-5,10-11H,6-9H2,1-3H3,(H,20,21,22,25). The minimum atomic E-state index is -0.226. The highest BCUT2D eigenvalue weighted by Crippen LogP contribution is 2.24. The molecule has 2 heterocycles. The number of nitrogens with zero attached hydrogens (tertiary/aromatic N) is 4. The van der Waals surface area contributed by atoms with Crippen LogP contribution in [0.4, 0.5) is 20.0 Å². The van der Waals surface area contributed by atoms with Gasteiger partial charge in [0.25, 0.3) is 0 Å². The topological polar surface area (TPSA) is 61.4 Å². The Kier molecular flexibility index (Phi) is 5.51. The smallest absolute Gasteiger partial charge is 0.323 e. The van der Waals surface area contributed by atoms with Gasteiger partial charge in [-0.05, 0) is 38.0 Å². The number of carbonyl (C=O) groups excluding carboxylic acids is 1. The van der Waals surface area contributed by atoms with Gasteiger partial charge in [-0.1, -0.05) is 11.6 Å². The third kappa shape index (κ3) is 4.37. The molecule has 1 fully saturated rings. The van der Waals surface area contributed by atoms with E-state index in [4.69, 9.17) is 0 Å². The number of urea groups is 1. The lowest BCUT2D eigenvalue weighted by Crippen LogP contribution is -2.39. The Balaban J connectivity index is 1.59. The number of carbonyl (C=O) groups is 1. The molecule has 0 atom stereocenters. The van der Waals surface area contributed by atoms with Gasteiger partial charge in [0.15, 0.2) is 0 Å². The average molecular weight is 375 g/mol. The summed E-state index contributed by atoms with van der Waals surface area (Å²) in [5.74, 6) is 0.423. The van der Waals surface area contributed by atoms with Gasteiger partial charge >= 0.3 is 6.03 Å². The minimum absolute atomic E-state index is 0.165. The number of amides is 2.